The van der Waals surface area contributed by atoms with E-state index in [1.54, 1.807) is 23.4 Å². The van der Waals surface area contributed by atoms with Gasteiger partial charge in [-0.1, -0.05) is 18.5 Å². The standard InChI is InChI=1S/C21H24ClFN6O2/c1-2-6-31-21(30)29-5-3-4-13(12-29)8-24-20-17(23)11-27-19(28-20)16-10-26-18-15(16)7-14(22)9-25-18/h7,9-11,13H,2-6,8,12H2,1H3,(H,25,26)(H,24,27,28)/t13-/m0/s1. The van der Waals surface area contributed by atoms with Gasteiger partial charge in [-0.15, -0.1) is 0 Å². The van der Waals surface area contributed by atoms with Crippen LogP contribution in [-0.4, -0.2) is 57.2 Å². The predicted molar refractivity (Wildman–Crippen MR) is 117 cm³/mol. The Labute approximate surface area is 184 Å². The highest BCUT2D eigenvalue weighted by Gasteiger charge is 2.25. The minimum Gasteiger partial charge on any atom is -0.449 e. The monoisotopic (exact) mass is 446 g/mol. The van der Waals surface area contributed by atoms with E-state index in [1.807, 2.05) is 6.92 Å². The van der Waals surface area contributed by atoms with Crippen LogP contribution in [0.4, 0.5) is 15.0 Å². The summed E-state index contributed by atoms with van der Waals surface area (Å²) < 4.78 is 19.6. The van der Waals surface area contributed by atoms with E-state index >= 15 is 0 Å². The van der Waals surface area contributed by atoms with E-state index in [1.165, 1.54) is 0 Å². The largest absolute Gasteiger partial charge is 0.449 e. The predicted octanol–water partition coefficient (Wildman–Crippen LogP) is 4.48. The second kappa shape index (κ2) is 9.47. The first kappa shape index (κ1) is 21.3. The van der Waals surface area contributed by atoms with Crippen LogP contribution in [0.1, 0.15) is 26.2 Å². The zero-order valence-corrected chi connectivity index (χ0v) is 18.0. The maximum Gasteiger partial charge on any atom is 0.409 e. The molecule has 3 aromatic heterocycles. The molecule has 31 heavy (non-hydrogen) atoms. The summed E-state index contributed by atoms with van der Waals surface area (Å²) in [6.45, 7) is 4.13. The Bertz CT molecular complexity index is 1080. The summed E-state index contributed by atoms with van der Waals surface area (Å²) in [7, 11) is 0. The van der Waals surface area contributed by atoms with Gasteiger partial charge in [0.2, 0.25) is 0 Å². The van der Waals surface area contributed by atoms with Crippen molar-refractivity contribution in [3.8, 4) is 11.4 Å². The number of nitrogens with one attached hydrogen (secondary N) is 2. The van der Waals surface area contributed by atoms with E-state index in [4.69, 9.17) is 16.3 Å². The molecule has 1 saturated heterocycles. The highest BCUT2D eigenvalue weighted by molar-refractivity contribution is 6.31. The van der Waals surface area contributed by atoms with Crippen molar-refractivity contribution in [1.82, 2.24) is 24.8 Å². The number of fused-ring (bicyclic) bond motifs is 1. The second-order valence-electron chi connectivity index (χ2n) is 7.59. The van der Waals surface area contributed by atoms with E-state index in [9.17, 15) is 9.18 Å². The smallest absolute Gasteiger partial charge is 0.409 e. The van der Waals surface area contributed by atoms with Crippen LogP contribution in [-0.2, 0) is 4.74 Å². The molecule has 164 valence electrons. The molecule has 3 aromatic rings. The Morgan fingerprint density at radius 2 is 2.29 bits per heavy atom. The highest BCUT2D eigenvalue weighted by Crippen LogP contribution is 2.28. The van der Waals surface area contributed by atoms with Crippen molar-refractivity contribution in [2.75, 3.05) is 31.6 Å². The fourth-order valence-corrected chi connectivity index (χ4v) is 3.86. The van der Waals surface area contributed by atoms with Gasteiger partial charge in [0, 0.05) is 43.0 Å². The van der Waals surface area contributed by atoms with E-state index in [0.29, 0.717) is 48.3 Å². The molecule has 0 saturated carbocycles. The lowest BCUT2D eigenvalue weighted by molar-refractivity contribution is 0.0858. The van der Waals surface area contributed by atoms with Gasteiger partial charge < -0.3 is 19.9 Å². The average Bonchev–Trinajstić information content (AvgIpc) is 3.20. The van der Waals surface area contributed by atoms with Crippen molar-refractivity contribution in [3.63, 3.8) is 0 Å². The molecule has 4 rings (SSSR count). The third-order valence-corrected chi connectivity index (χ3v) is 5.45. The lowest BCUT2D eigenvalue weighted by atomic mass is 9.98. The van der Waals surface area contributed by atoms with Crippen LogP contribution in [0.25, 0.3) is 22.4 Å². The molecule has 8 nitrogen and oxygen atoms in total. The minimum atomic E-state index is -0.533. The van der Waals surface area contributed by atoms with Crippen molar-refractivity contribution in [2.45, 2.75) is 26.2 Å². The topological polar surface area (TPSA) is 96.0 Å². The zero-order chi connectivity index (χ0) is 21.8. The molecule has 1 amide bonds. The fraction of sp³-hybridized carbons (Fsp3) is 0.429. The van der Waals surface area contributed by atoms with Gasteiger partial charge in [0.1, 0.15) is 5.65 Å². The van der Waals surface area contributed by atoms with Gasteiger partial charge in [-0.25, -0.2) is 24.1 Å². The Morgan fingerprint density at radius 3 is 3.13 bits per heavy atom. The Morgan fingerprint density at radius 1 is 1.42 bits per heavy atom. The number of hydrogen-bond acceptors (Lipinski definition) is 6. The van der Waals surface area contributed by atoms with Gasteiger partial charge in [0.15, 0.2) is 17.5 Å². The quantitative estimate of drug-likeness (QED) is 0.579. The summed E-state index contributed by atoms with van der Waals surface area (Å²) >= 11 is 6.06. The minimum absolute atomic E-state index is 0.125. The van der Waals surface area contributed by atoms with Crippen molar-refractivity contribution in [1.29, 1.82) is 0 Å². The summed E-state index contributed by atoms with van der Waals surface area (Å²) in [6, 6.07) is 1.77. The van der Waals surface area contributed by atoms with Crippen LogP contribution in [0.2, 0.25) is 5.02 Å². The molecule has 0 aromatic carbocycles. The van der Waals surface area contributed by atoms with Crippen LogP contribution < -0.4 is 5.32 Å². The fourth-order valence-electron chi connectivity index (χ4n) is 3.70. The van der Waals surface area contributed by atoms with Gasteiger partial charge in [-0.2, -0.15) is 0 Å². The maximum atomic E-state index is 14.4. The molecule has 2 N–H and O–H groups in total. The molecule has 0 unspecified atom stereocenters. The first-order valence-electron chi connectivity index (χ1n) is 10.4. The molecule has 1 atom stereocenters. The van der Waals surface area contributed by atoms with Crippen molar-refractivity contribution in [2.24, 2.45) is 5.92 Å². The average molecular weight is 447 g/mol. The lowest BCUT2D eigenvalue weighted by Crippen LogP contribution is -2.42. The number of nitrogens with zero attached hydrogens (tertiary/aromatic N) is 4. The summed E-state index contributed by atoms with van der Waals surface area (Å²) in [5.74, 6) is 0.138. The van der Waals surface area contributed by atoms with E-state index in [0.717, 1.165) is 30.8 Å². The molecule has 1 aliphatic rings. The number of hydrogen-bond donors (Lipinski definition) is 2. The Balaban J connectivity index is 1.45. The van der Waals surface area contributed by atoms with Gasteiger partial charge in [-0.3, -0.25) is 0 Å². The number of halogens is 2. The molecular weight excluding hydrogens is 423 g/mol. The molecule has 0 aliphatic carbocycles. The number of carbonyl (C=O) groups excluding carboxylic acids is 1. The molecule has 0 spiro atoms. The number of amides is 1. The number of pyridine rings is 1. The molecule has 10 heteroatoms. The number of likely N-dealkylation sites (tertiary alicyclic amines) is 1. The molecule has 1 aliphatic heterocycles. The number of ether oxygens (including phenoxy) is 1. The van der Waals surface area contributed by atoms with Gasteiger partial charge in [0.25, 0.3) is 0 Å². The maximum absolute atomic E-state index is 14.4. The number of rotatable bonds is 6. The Kier molecular flexibility index (Phi) is 6.50. The number of aromatic amines is 1. The van der Waals surface area contributed by atoms with Crippen LogP contribution in [0.15, 0.2) is 24.7 Å². The summed E-state index contributed by atoms with van der Waals surface area (Å²) in [6.07, 6.45) is 6.76. The van der Waals surface area contributed by atoms with Crippen LogP contribution in [0.3, 0.4) is 0 Å². The van der Waals surface area contributed by atoms with Gasteiger partial charge in [0.05, 0.1) is 17.8 Å². The number of H-pyrrole nitrogens is 1. The molecule has 0 radical (unpaired) electrons. The normalized spacial score (nSPS) is 16.5. The summed E-state index contributed by atoms with van der Waals surface area (Å²) in [4.78, 5) is 29.6. The van der Waals surface area contributed by atoms with Gasteiger partial charge in [-0.05, 0) is 31.2 Å². The third-order valence-electron chi connectivity index (χ3n) is 5.25. The summed E-state index contributed by atoms with van der Waals surface area (Å²) in [5.41, 5.74) is 1.34. The first-order valence-corrected chi connectivity index (χ1v) is 10.7. The number of piperidine rings is 1. The number of carbonyl (C=O) groups is 1. The Hall–Kier alpha value is -2.94. The van der Waals surface area contributed by atoms with Crippen molar-refractivity contribution < 1.29 is 13.9 Å². The molecule has 0 bridgehead atoms. The van der Waals surface area contributed by atoms with E-state index < -0.39 is 5.82 Å². The molecular formula is C21H24ClFN6O2. The number of anilines is 1. The van der Waals surface area contributed by atoms with Crippen LogP contribution >= 0.6 is 11.6 Å². The summed E-state index contributed by atoms with van der Waals surface area (Å²) in [5, 5.41) is 4.35. The van der Waals surface area contributed by atoms with Gasteiger partial charge >= 0.3 is 6.09 Å². The second-order valence-corrected chi connectivity index (χ2v) is 8.03. The molecule has 1 fully saturated rings. The van der Waals surface area contributed by atoms with Crippen molar-refractivity contribution in [3.05, 3.63) is 35.5 Å². The lowest BCUT2D eigenvalue weighted by Gasteiger charge is -2.32. The third kappa shape index (κ3) is 4.87. The SMILES string of the molecule is CCCOC(=O)N1CCC[C@@H](CNc2nc(-c3c[nH]c4ncc(Cl)cc34)ncc2F)C1. The first-order chi connectivity index (χ1) is 15.0. The van der Waals surface area contributed by atoms with Crippen LogP contribution in [0.5, 0.6) is 0 Å². The van der Waals surface area contributed by atoms with Crippen molar-refractivity contribution >= 4 is 34.5 Å². The zero-order valence-electron chi connectivity index (χ0n) is 17.2. The van der Waals surface area contributed by atoms with Crippen LogP contribution in [0, 0.1) is 11.7 Å². The van der Waals surface area contributed by atoms with E-state index in [2.05, 4.69) is 25.3 Å². The molecule has 4 heterocycles. The number of aromatic nitrogens is 4. The highest BCUT2D eigenvalue weighted by atomic mass is 35.5. The van der Waals surface area contributed by atoms with E-state index in [-0.39, 0.29) is 17.8 Å².